The maximum atomic E-state index is 12.2. The lowest BCUT2D eigenvalue weighted by molar-refractivity contribution is -0.118. The summed E-state index contributed by atoms with van der Waals surface area (Å²) in [6.45, 7) is 1.90. The fourth-order valence-electron chi connectivity index (χ4n) is 2.89. The first-order chi connectivity index (χ1) is 12.3. The molecule has 6 heteroatoms. The molecule has 128 valence electrons. The van der Waals surface area contributed by atoms with Crippen LogP contribution in [0.2, 0.25) is 0 Å². The van der Waals surface area contributed by atoms with Crippen LogP contribution in [0.5, 0.6) is 0 Å². The van der Waals surface area contributed by atoms with Crippen molar-refractivity contribution in [2.24, 2.45) is 0 Å². The van der Waals surface area contributed by atoms with Crippen LogP contribution in [0, 0.1) is 0 Å². The molecule has 4 rings (SSSR count). The number of anilines is 1. The molecular weight excluding hydrogens is 350 g/mol. The van der Waals surface area contributed by atoms with E-state index in [0.29, 0.717) is 12.5 Å². The van der Waals surface area contributed by atoms with Gasteiger partial charge < -0.3 is 0 Å². The number of aromatic nitrogens is 2. The highest BCUT2D eigenvalue weighted by atomic mass is 32.2. The van der Waals surface area contributed by atoms with Crippen molar-refractivity contribution < 1.29 is 4.79 Å². The number of benzene rings is 2. The molecule has 0 spiro atoms. The van der Waals surface area contributed by atoms with E-state index in [-0.39, 0.29) is 5.91 Å². The predicted octanol–water partition coefficient (Wildman–Crippen LogP) is 4.89. The second kappa shape index (κ2) is 7.14. The summed E-state index contributed by atoms with van der Waals surface area (Å²) >= 11 is 3.21. The number of amides is 1. The minimum atomic E-state index is 0.143. The van der Waals surface area contributed by atoms with Crippen LogP contribution in [0.25, 0.3) is 10.8 Å². The average Bonchev–Trinajstić information content (AvgIpc) is 3.37. The number of rotatable bonds is 6. The number of hydrogen-bond acceptors (Lipinski definition) is 5. The summed E-state index contributed by atoms with van der Waals surface area (Å²) in [4.78, 5) is 14.0. The van der Waals surface area contributed by atoms with Crippen LogP contribution in [-0.2, 0) is 10.5 Å². The lowest BCUT2D eigenvalue weighted by atomic mass is 10.1. The Kier molecular flexibility index (Phi) is 4.72. The molecule has 0 saturated heterocycles. The lowest BCUT2D eigenvalue weighted by Crippen LogP contribution is -2.32. The number of carbonyl (C=O) groups excluding carboxylic acids is 1. The summed E-state index contributed by atoms with van der Waals surface area (Å²) in [6, 6.07) is 15.2. The molecule has 0 unspecified atom stereocenters. The van der Waals surface area contributed by atoms with E-state index in [9.17, 15) is 4.79 Å². The molecule has 0 atom stereocenters. The van der Waals surface area contributed by atoms with Gasteiger partial charge in [-0.15, -0.1) is 10.2 Å². The van der Waals surface area contributed by atoms with Crippen LogP contribution in [0.3, 0.4) is 0 Å². The van der Waals surface area contributed by atoms with Crippen molar-refractivity contribution in [3.63, 3.8) is 0 Å². The van der Waals surface area contributed by atoms with Gasteiger partial charge in [0.2, 0.25) is 11.0 Å². The molecule has 1 aromatic heterocycles. The maximum Gasteiger partial charge on any atom is 0.228 e. The van der Waals surface area contributed by atoms with E-state index in [4.69, 9.17) is 0 Å². The van der Waals surface area contributed by atoms with E-state index in [2.05, 4.69) is 52.7 Å². The quantitative estimate of drug-likeness (QED) is 0.458. The van der Waals surface area contributed by atoms with E-state index in [1.54, 1.807) is 11.8 Å². The fraction of sp³-hybridized carbons (Fsp3) is 0.316. The molecule has 1 aliphatic rings. The zero-order valence-corrected chi connectivity index (χ0v) is 15.6. The zero-order valence-electron chi connectivity index (χ0n) is 14.0. The number of thioether (sulfide) groups is 1. The van der Waals surface area contributed by atoms with Crippen molar-refractivity contribution in [1.29, 1.82) is 0 Å². The summed E-state index contributed by atoms with van der Waals surface area (Å²) < 4.78 is 0.914. The number of carbonyl (C=O) groups is 1. The topological polar surface area (TPSA) is 46.1 Å². The SMILES string of the molecule is CCC(=O)N(c1nnc(SCc2cccc3ccccc23)s1)C1CC1. The molecule has 1 aliphatic carbocycles. The van der Waals surface area contributed by atoms with E-state index in [1.165, 1.54) is 27.7 Å². The standard InChI is InChI=1S/C19H19N3OS2/c1-2-17(23)22(15-10-11-15)18-20-21-19(25-18)24-12-14-8-5-7-13-6-3-4-9-16(13)14/h3-9,15H,2,10-12H2,1H3. The van der Waals surface area contributed by atoms with Crippen LogP contribution in [-0.4, -0.2) is 22.1 Å². The number of nitrogens with zero attached hydrogens (tertiary/aromatic N) is 3. The largest absolute Gasteiger partial charge is 0.284 e. The van der Waals surface area contributed by atoms with Gasteiger partial charge in [0, 0.05) is 18.2 Å². The summed E-state index contributed by atoms with van der Waals surface area (Å²) in [5.41, 5.74) is 1.29. The Morgan fingerprint density at radius 3 is 2.80 bits per heavy atom. The van der Waals surface area contributed by atoms with Gasteiger partial charge in [-0.25, -0.2) is 0 Å². The Morgan fingerprint density at radius 2 is 2.00 bits per heavy atom. The van der Waals surface area contributed by atoms with Crippen molar-refractivity contribution in [3.05, 3.63) is 48.0 Å². The van der Waals surface area contributed by atoms with E-state index < -0.39 is 0 Å². The minimum Gasteiger partial charge on any atom is -0.284 e. The first kappa shape index (κ1) is 16.5. The third kappa shape index (κ3) is 3.55. The Hall–Kier alpha value is -1.92. The van der Waals surface area contributed by atoms with E-state index in [1.807, 2.05) is 11.8 Å². The van der Waals surface area contributed by atoms with Crippen LogP contribution in [0.1, 0.15) is 31.7 Å². The normalized spacial score (nSPS) is 14.0. The Morgan fingerprint density at radius 1 is 1.20 bits per heavy atom. The molecule has 3 aromatic rings. The monoisotopic (exact) mass is 369 g/mol. The van der Waals surface area contributed by atoms with Crippen molar-refractivity contribution in [1.82, 2.24) is 10.2 Å². The van der Waals surface area contributed by atoms with Crippen LogP contribution in [0.4, 0.5) is 5.13 Å². The fourth-order valence-corrected chi connectivity index (χ4v) is 4.82. The molecule has 1 fully saturated rings. The first-order valence-corrected chi connectivity index (χ1v) is 10.3. The van der Waals surface area contributed by atoms with E-state index in [0.717, 1.165) is 28.1 Å². The highest BCUT2D eigenvalue weighted by Crippen LogP contribution is 2.37. The lowest BCUT2D eigenvalue weighted by Gasteiger charge is -2.17. The van der Waals surface area contributed by atoms with Gasteiger partial charge in [-0.2, -0.15) is 0 Å². The smallest absolute Gasteiger partial charge is 0.228 e. The second-order valence-electron chi connectivity index (χ2n) is 6.13. The third-order valence-electron chi connectivity index (χ3n) is 4.32. The van der Waals surface area contributed by atoms with Gasteiger partial charge in [0.25, 0.3) is 0 Å². The molecule has 0 N–H and O–H groups in total. The number of fused-ring (bicyclic) bond motifs is 1. The van der Waals surface area contributed by atoms with E-state index >= 15 is 0 Å². The second-order valence-corrected chi connectivity index (χ2v) is 8.30. The molecule has 0 bridgehead atoms. The molecule has 0 aliphatic heterocycles. The molecule has 1 saturated carbocycles. The van der Waals surface area contributed by atoms with Gasteiger partial charge in [-0.05, 0) is 29.2 Å². The predicted molar refractivity (Wildman–Crippen MR) is 104 cm³/mol. The number of hydrogen-bond donors (Lipinski definition) is 0. The Bertz CT molecular complexity index is 899. The summed E-state index contributed by atoms with van der Waals surface area (Å²) in [5, 5.41) is 11.9. The summed E-state index contributed by atoms with van der Waals surface area (Å²) in [6.07, 6.45) is 2.65. The van der Waals surface area contributed by atoms with Crippen molar-refractivity contribution in [2.75, 3.05) is 4.90 Å². The van der Waals surface area contributed by atoms with Gasteiger partial charge in [0.15, 0.2) is 4.34 Å². The average molecular weight is 370 g/mol. The highest BCUT2D eigenvalue weighted by Gasteiger charge is 2.35. The van der Waals surface area contributed by atoms with Gasteiger partial charge in [-0.3, -0.25) is 9.69 Å². The zero-order chi connectivity index (χ0) is 17.2. The molecule has 2 aromatic carbocycles. The van der Waals surface area contributed by atoms with Gasteiger partial charge in [0.05, 0.1) is 0 Å². The summed E-state index contributed by atoms with van der Waals surface area (Å²) in [7, 11) is 0. The summed E-state index contributed by atoms with van der Waals surface area (Å²) in [5.74, 6) is 0.991. The Labute approximate surface area is 155 Å². The van der Waals surface area contributed by atoms with Crippen LogP contribution < -0.4 is 4.90 Å². The molecular formula is C19H19N3OS2. The van der Waals surface area contributed by atoms with Crippen LogP contribution in [0.15, 0.2) is 46.8 Å². The molecule has 0 radical (unpaired) electrons. The van der Waals surface area contributed by atoms with Crippen molar-refractivity contribution in [2.45, 2.75) is 42.3 Å². The van der Waals surface area contributed by atoms with Crippen LogP contribution >= 0.6 is 23.1 Å². The molecule has 4 nitrogen and oxygen atoms in total. The van der Waals surface area contributed by atoms with Gasteiger partial charge in [0.1, 0.15) is 0 Å². The maximum absolute atomic E-state index is 12.2. The minimum absolute atomic E-state index is 0.143. The Balaban J connectivity index is 1.50. The first-order valence-electron chi connectivity index (χ1n) is 8.51. The van der Waals surface area contributed by atoms with Gasteiger partial charge >= 0.3 is 0 Å². The molecule has 1 heterocycles. The van der Waals surface area contributed by atoms with Gasteiger partial charge in [-0.1, -0.05) is 72.5 Å². The molecule has 1 amide bonds. The van der Waals surface area contributed by atoms with Crippen molar-refractivity contribution >= 4 is 44.9 Å². The van der Waals surface area contributed by atoms with Crippen molar-refractivity contribution in [3.8, 4) is 0 Å². The highest BCUT2D eigenvalue weighted by molar-refractivity contribution is 8.00. The third-order valence-corrected chi connectivity index (χ3v) is 6.42. The molecule has 25 heavy (non-hydrogen) atoms.